The second-order valence-electron chi connectivity index (χ2n) is 6.41. The van der Waals surface area contributed by atoms with Gasteiger partial charge in [-0.15, -0.1) is 0 Å². The predicted molar refractivity (Wildman–Crippen MR) is 72.6 cm³/mol. The van der Waals surface area contributed by atoms with Crippen molar-refractivity contribution < 1.29 is 4.52 Å². The van der Waals surface area contributed by atoms with Crippen LogP contribution >= 0.6 is 0 Å². The molecule has 0 amide bonds. The average Bonchev–Trinajstić information content (AvgIpc) is 3.02. The van der Waals surface area contributed by atoms with Crippen LogP contribution in [0.25, 0.3) is 0 Å². The van der Waals surface area contributed by atoms with Crippen LogP contribution < -0.4 is 5.32 Å². The van der Waals surface area contributed by atoms with Crippen LogP contribution in [-0.4, -0.2) is 40.2 Å². The van der Waals surface area contributed by atoms with Gasteiger partial charge in [0.2, 0.25) is 5.89 Å². The zero-order valence-corrected chi connectivity index (χ0v) is 12.1. The summed E-state index contributed by atoms with van der Waals surface area (Å²) in [6, 6.07) is 0. The summed E-state index contributed by atoms with van der Waals surface area (Å²) in [5, 5.41) is 7.55. The monoisotopic (exact) mass is 264 g/mol. The first-order chi connectivity index (χ1) is 9.11. The van der Waals surface area contributed by atoms with Gasteiger partial charge in [0, 0.05) is 25.0 Å². The van der Waals surface area contributed by atoms with Crippen molar-refractivity contribution in [3.05, 3.63) is 11.7 Å². The van der Waals surface area contributed by atoms with Crippen molar-refractivity contribution in [1.82, 2.24) is 20.4 Å². The number of aromatic nitrogens is 2. The first-order valence-electron chi connectivity index (χ1n) is 7.38. The minimum atomic E-state index is 0.216. The van der Waals surface area contributed by atoms with E-state index in [1.54, 1.807) is 0 Å². The number of hydrogen-bond acceptors (Lipinski definition) is 5. The van der Waals surface area contributed by atoms with E-state index >= 15 is 0 Å². The molecule has 0 radical (unpaired) electrons. The van der Waals surface area contributed by atoms with E-state index in [9.17, 15) is 0 Å². The van der Waals surface area contributed by atoms with Crippen LogP contribution in [-0.2, 0) is 13.0 Å². The van der Waals surface area contributed by atoms with Gasteiger partial charge in [0.25, 0.3) is 0 Å². The van der Waals surface area contributed by atoms with Gasteiger partial charge >= 0.3 is 0 Å². The Labute approximate surface area is 114 Å². The van der Waals surface area contributed by atoms with Crippen LogP contribution in [0.15, 0.2) is 4.52 Å². The van der Waals surface area contributed by atoms with Crippen molar-refractivity contribution in [3.8, 4) is 0 Å². The third kappa shape index (κ3) is 2.30. The summed E-state index contributed by atoms with van der Waals surface area (Å²) in [7, 11) is 0. The molecule has 3 heterocycles. The highest BCUT2D eigenvalue weighted by molar-refractivity contribution is 5.05. The van der Waals surface area contributed by atoms with Crippen LogP contribution in [0, 0.1) is 11.8 Å². The van der Waals surface area contributed by atoms with Crippen LogP contribution in [0.2, 0.25) is 0 Å². The fraction of sp³-hybridized carbons (Fsp3) is 0.857. The molecule has 1 N–H and O–H groups in total. The molecule has 2 aliphatic heterocycles. The molecule has 106 valence electrons. The molecule has 0 bridgehead atoms. The molecule has 5 nitrogen and oxygen atoms in total. The Morgan fingerprint density at radius 3 is 3.00 bits per heavy atom. The minimum Gasteiger partial charge on any atom is -0.338 e. The van der Waals surface area contributed by atoms with Crippen LogP contribution in [0.3, 0.4) is 0 Å². The Hall–Kier alpha value is -0.940. The molecule has 0 saturated carbocycles. The molecule has 19 heavy (non-hydrogen) atoms. The van der Waals surface area contributed by atoms with E-state index in [4.69, 9.17) is 4.52 Å². The highest BCUT2D eigenvalue weighted by atomic mass is 16.5. The first-order valence-corrected chi connectivity index (χ1v) is 7.38. The zero-order valence-electron chi connectivity index (χ0n) is 12.1. The molecule has 0 spiro atoms. The molecule has 2 fully saturated rings. The van der Waals surface area contributed by atoms with E-state index in [0.717, 1.165) is 62.6 Å². The van der Waals surface area contributed by atoms with Crippen molar-refractivity contribution in [2.24, 2.45) is 11.8 Å². The van der Waals surface area contributed by atoms with E-state index in [0.29, 0.717) is 0 Å². The fourth-order valence-corrected chi connectivity index (χ4v) is 3.62. The summed E-state index contributed by atoms with van der Waals surface area (Å²) >= 11 is 0. The lowest BCUT2D eigenvalue weighted by molar-refractivity contribution is 0.117. The Kier molecular flexibility index (Phi) is 3.35. The van der Waals surface area contributed by atoms with Crippen molar-refractivity contribution in [2.75, 3.05) is 19.6 Å². The second-order valence-corrected chi connectivity index (χ2v) is 6.41. The van der Waals surface area contributed by atoms with Crippen LogP contribution in [0.5, 0.6) is 0 Å². The Morgan fingerprint density at radius 2 is 2.26 bits per heavy atom. The van der Waals surface area contributed by atoms with Gasteiger partial charge in [-0.05, 0) is 38.6 Å². The summed E-state index contributed by atoms with van der Waals surface area (Å²) in [6.07, 6.45) is 1.96. The minimum absolute atomic E-state index is 0.216. The number of rotatable bonds is 4. The summed E-state index contributed by atoms with van der Waals surface area (Å²) in [4.78, 5) is 6.99. The third-order valence-corrected chi connectivity index (χ3v) is 4.83. The van der Waals surface area contributed by atoms with E-state index in [2.05, 4.69) is 41.1 Å². The molecule has 2 unspecified atom stereocenters. The normalized spacial score (nSPS) is 29.8. The molecule has 3 rings (SSSR count). The Morgan fingerprint density at radius 1 is 1.42 bits per heavy atom. The topological polar surface area (TPSA) is 54.2 Å². The number of hydrogen-bond donors (Lipinski definition) is 1. The van der Waals surface area contributed by atoms with E-state index in [-0.39, 0.29) is 5.54 Å². The van der Waals surface area contributed by atoms with Gasteiger partial charge in [0.05, 0.1) is 6.54 Å². The lowest BCUT2D eigenvalue weighted by Crippen LogP contribution is -2.43. The molecule has 5 heteroatoms. The van der Waals surface area contributed by atoms with Crippen LogP contribution in [0.4, 0.5) is 0 Å². The molecule has 1 aromatic heterocycles. The number of aryl methyl sites for hydroxylation is 1. The smallest absolute Gasteiger partial charge is 0.240 e. The largest absolute Gasteiger partial charge is 0.338 e. The third-order valence-electron chi connectivity index (χ3n) is 4.83. The van der Waals surface area contributed by atoms with Gasteiger partial charge in [-0.3, -0.25) is 4.90 Å². The van der Waals surface area contributed by atoms with Gasteiger partial charge in [-0.25, -0.2) is 0 Å². The number of fused-ring (bicyclic) bond motifs is 1. The van der Waals surface area contributed by atoms with Crippen LogP contribution in [0.1, 0.15) is 38.9 Å². The summed E-state index contributed by atoms with van der Waals surface area (Å²) in [5.41, 5.74) is 0.216. The van der Waals surface area contributed by atoms with E-state index in [1.165, 1.54) is 0 Å². The summed E-state index contributed by atoms with van der Waals surface area (Å²) < 4.78 is 5.38. The number of nitrogens with one attached hydrogen (secondary N) is 1. The molecular weight excluding hydrogens is 240 g/mol. The Bertz CT molecular complexity index is 442. The quantitative estimate of drug-likeness (QED) is 0.892. The van der Waals surface area contributed by atoms with Gasteiger partial charge in [-0.2, -0.15) is 4.98 Å². The highest BCUT2D eigenvalue weighted by Crippen LogP contribution is 2.41. The van der Waals surface area contributed by atoms with Gasteiger partial charge in [0.1, 0.15) is 0 Å². The van der Waals surface area contributed by atoms with E-state index < -0.39 is 0 Å². The Balaban J connectivity index is 1.69. The zero-order chi connectivity index (χ0) is 13.5. The molecule has 0 aromatic carbocycles. The van der Waals surface area contributed by atoms with Crippen molar-refractivity contribution in [3.63, 3.8) is 0 Å². The lowest BCUT2D eigenvalue weighted by atomic mass is 9.85. The second kappa shape index (κ2) is 4.87. The summed E-state index contributed by atoms with van der Waals surface area (Å²) in [5.74, 6) is 3.12. The molecule has 2 aliphatic rings. The van der Waals surface area contributed by atoms with Gasteiger partial charge in [0.15, 0.2) is 5.82 Å². The van der Waals surface area contributed by atoms with Crippen molar-refractivity contribution in [2.45, 2.75) is 45.7 Å². The molecule has 1 aromatic rings. The van der Waals surface area contributed by atoms with Crippen molar-refractivity contribution >= 4 is 0 Å². The summed E-state index contributed by atoms with van der Waals surface area (Å²) in [6.45, 7) is 11.0. The molecule has 0 aliphatic carbocycles. The maximum Gasteiger partial charge on any atom is 0.240 e. The molecular formula is C14H24N4O. The lowest BCUT2D eigenvalue weighted by Gasteiger charge is -2.34. The molecule has 2 atom stereocenters. The van der Waals surface area contributed by atoms with Crippen molar-refractivity contribution in [1.29, 1.82) is 0 Å². The first kappa shape index (κ1) is 13.1. The SMILES string of the molecule is CCCc1noc(CN2CC3CNCC3C2(C)C)n1. The molecule has 2 saturated heterocycles. The van der Waals surface area contributed by atoms with Gasteiger partial charge in [-0.1, -0.05) is 12.1 Å². The van der Waals surface area contributed by atoms with Gasteiger partial charge < -0.3 is 9.84 Å². The maximum atomic E-state index is 5.38. The average molecular weight is 264 g/mol. The van der Waals surface area contributed by atoms with E-state index in [1.807, 2.05) is 0 Å². The number of nitrogens with zero attached hydrogens (tertiary/aromatic N) is 3. The highest BCUT2D eigenvalue weighted by Gasteiger charge is 2.49. The maximum absolute atomic E-state index is 5.38. The number of likely N-dealkylation sites (tertiary alicyclic amines) is 1. The predicted octanol–water partition coefficient (Wildman–Crippen LogP) is 1.45. The standard InChI is InChI=1S/C14H24N4O/c1-4-5-12-16-13(19-17-12)9-18-8-10-6-15-7-11(10)14(18,2)3/h10-11,15H,4-9H2,1-3H3. The fourth-order valence-electron chi connectivity index (χ4n) is 3.62.